The summed E-state index contributed by atoms with van der Waals surface area (Å²) in [4.78, 5) is 18.0. The highest BCUT2D eigenvalue weighted by Gasteiger charge is 2.13. The topological polar surface area (TPSA) is 53.3 Å². The maximum Gasteiger partial charge on any atom is 0.261 e. The lowest BCUT2D eigenvalue weighted by atomic mass is 10.1. The van der Waals surface area contributed by atoms with E-state index in [1.807, 2.05) is 73.7 Å². The predicted molar refractivity (Wildman–Crippen MR) is 124 cm³/mol. The molecule has 0 unspecified atom stereocenters. The van der Waals surface area contributed by atoms with Crippen LogP contribution in [0.2, 0.25) is 5.02 Å². The molecule has 6 heteroatoms. The third kappa shape index (κ3) is 4.57. The van der Waals surface area contributed by atoms with Gasteiger partial charge < -0.3 is 9.47 Å². The van der Waals surface area contributed by atoms with Crippen molar-refractivity contribution in [3.8, 4) is 22.9 Å². The molecular weight excluding hydrogens is 412 g/mol. The first kappa shape index (κ1) is 20.9. The van der Waals surface area contributed by atoms with Crippen LogP contribution in [0.5, 0.6) is 11.5 Å². The van der Waals surface area contributed by atoms with Crippen molar-refractivity contribution in [1.82, 2.24) is 9.55 Å². The van der Waals surface area contributed by atoms with Gasteiger partial charge in [0.1, 0.15) is 17.3 Å². The summed E-state index contributed by atoms with van der Waals surface area (Å²) in [5, 5.41) is 1.18. The maximum atomic E-state index is 13.2. The molecule has 4 aromatic rings. The van der Waals surface area contributed by atoms with Gasteiger partial charge in [-0.15, -0.1) is 0 Å². The molecule has 0 radical (unpaired) electrons. The van der Waals surface area contributed by atoms with Gasteiger partial charge >= 0.3 is 0 Å². The van der Waals surface area contributed by atoms with Gasteiger partial charge in [0, 0.05) is 12.1 Å². The molecule has 0 aliphatic heterocycles. The average molecular weight is 435 g/mol. The van der Waals surface area contributed by atoms with Crippen LogP contribution >= 0.6 is 11.6 Å². The summed E-state index contributed by atoms with van der Waals surface area (Å²) in [5.74, 6) is 2.03. The minimum Gasteiger partial charge on any atom is -0.497 e. The SMILES string of the molecule is COc1ccc(-c2nc3ccccc3c(=O)n2CCCOc2cc(C)ccc2Cl)cc1. The standard InChI is InChI=1S/C25H23ClN2O3/c1-17-8-13-21(26)23(16-17)31-15-5-14-28-24(18-9-11-19(30-2)12-10-18)27-22-7-4-3-6-20(22)25(28)29/h3-4,6-13,16H,5,14-15H2,1-2H3. The van der Waals surface area contributed by atoms with E-state index in [0.717, 1.165) is 16.9 Å². The van der Waals surface area contributed by atoms with Crippen LogP contribution in [0.25, 0.3) is 22.3 Å². The van der Waals surface area contributed by atoms with Gasteiger partial charge in [0.15, 0.2) is 0 Å². The van der Waals surface area contributed by atoms with Crippen molar-refractivity contribution >= 4 is 22.5 Å². The third-order valence-electron chi connectivity index (χ3n) is 5.08. The van der Waals surface area contributed by atoms with Crippen LogP contribution in [0.1, 0.15) is 12.0 Å². The largest absolute Gasteiger partial charge is 0.497 e. The molecule has 0 fully saturated rings. The molecule has 1 heterocycles. The Hall–Kier alpha value is -3.31. The highest BCUT2D eigenvalue weighted by atomic mass is 35.5. The molecule has 0 atom stereocenters. The van der Waals surface area contributed by atoms with Gasteiger partial charge in [-0.25, -0.2) is 4.98 Å². The van der Waals surface area contributed by atoms with Gasteiger partial charge in [-0.3, -0.25) is 9.36 Å². The summed E-state index contributed by atoms with van der Waals surface area (Å²) in [6, 6.07) is 20.6. The lowest BCUT2D eigenvalue weighted by Crippen LogP contribution is -2.24. The molecule has 0 aliphatic rings. The van der Waals surface area contributed by atoms with Gasteiger partial charge in [0.05, 0.1) is 29.6 Å². The highest BCUT2D eigenvalue weighted by Crippen LogP contribution is 2.26. The Balaban J connectivity index is 1.62. The van der Waals surface area contributed by atoms with Crippen LogP contribution in [0, 0.1) is 6.92 Å². The second-order valence-corrected chi connectivity index (χ2v) is 7.68. The molecule has 0 aliphatic carbocycles. The zero-order valence-electron chi connectivity index (χ0n) is 17.5. The zero-order valence-corrected chi connectivity index (χ0v) is 18.2. The average Bonchev–Trinajstić information content (AvgIpc) is 2.80. The molecule has 0 bridgehead atoms. The number of ether oxygens (including phenoxy) is 2. The third-order valence-corrected chi connectivity index (χ3v) is 5.39. The van der Waals surface area contributed by atoms with E-state index in [1.165, 1.54) is 0 Å². The Morgan fingerprint density at radius 3 is 2.58 bits per heavy atom. The molecule has 0 saturated carbocycles. The van der Waals surface area contributed by atoms with Crippen LogP contribution in [0.15, 0.2) is 71.5 Å². The van der Waals surface area contributed by atoms with Crippen molar-refractivity contribution in [1.29, 1.82) is 0 Å². The van der Waals surface area contributed by atoms with E-state index in [-0.39, 0.29) is 5.56 Å². The van der Waals surface area contributed by atoms with Crippen molar-refractivity contribution in [3.63, 3.8) is 0 Å². The summed E-state index contributed by atoms with van der Waals surface area (Å²) in [7, 11) is 1.62. The number of aryl methyl sites for hydroxylation is 1. The minimum absolute atomic E-state index is 0.0648. The predicted octanol–water partition coefficient (Wildman–Crippen LogP) is 5.50. The van der Waals surface area contributed by atoms with E-state index in [9.17, 15) is 4.79 Å². The molecule has 0 amide bonds. The van der Waals surface area contributed by atoms with E-state index >= 15 is 0 Å². The van der Waals surface area contributed by atoms with Gasteiger partial charge in [-0.05, 0) is 67.4 Å². The molecule has 158 valence electrons. The van der Waals surface area contributed by atoms with Crippen LogP contribution in [0.3, 0.4) is 0 Å². The molecule has 1 aromatic heterocycles. The molecule has 0 saturated heterocycles. The number of rotatable bonds is 7. The van der Waals surface area contributed by atoms with Crippen molar-refractivity contribution in [3.05, 3.63) is 87.7 Å². The Bertz CT molecular complexity index is 1270. The first-order chi connectivity index (χ1) is 15.1. The summed E-state index contributed by atoms with van der Waals surface area (Å²) in [6.45, 7) is 2.90. The Morgan fingerprint density at radius 1 is 1.03 bits per heavy atom. The van der Waals surface area contributed by atoms with Crippen molar-refractivity contribution in [2.75, 3.05) is 13.7 Å². The Morgan fingerprint density at radius 2 is 1.81 bits per heavy atom. The van der Waals surface area contributed by atoms with Crippen molar-refractivity contribution in [2.45, 2.75) is 19.9 Å². The monoisotopic (exact) mass is 434 g/mol. The van der Waals surface area contributed by atoms with Crippen LogP contribution in [-0.4, -0.2) is 23.3 Å². The fraction of sp³-hybridized carbons (Fsp3) is 0.200. The molecule has 3 aromatic carbocycles. The van der Waals surface area contributed by atoms with Crippen LogP contribution < -0.4 is 15.0 Å². The second-order valence-electron chi connectivity index (χ2n) is 7.27. The number of methoxy groups -OCH3 is 1. The summed E-state index contributed by atoms with van der Waals surface area (Å²) in [5.41, 5.74) is 2.55. The first-order valence-electron chi connectivity index (χ1n) is 10.1. The van der Waals surface area contributed by atoms with E-state index < -0.39 is 0 Å². The lowest BCUT2D eigenvalue weighted by molar-refractivity contribution is 0.301. The Labute approximate surface area is 185 Å². The summed E-state index contributed by atoms with van der Waals surface area (Å²) < 4.78 is 12.8. The van der Waals surface area contributed by atoms with Gasteiger partial charge in [-0.2, -0.15) is 0 Å². The molecule has 0 spiro atoms. The molecule has 5 nitrogen and oxygen atoms in total. The van der Waals surface area contributed by atoms with Crippen LogP contribution in [-0.2, 0) is 6.54 Å². The van der Waals surface area contributed by atoms with Crippen molar-refractivity contribution < 1.29 is 9.47 Å². The number of fused-ring (bicyclic) bond motifs is 1. The summed E-state index contributed by atoms with van der Waals surface area (Å²) >= 11 is 6.21. The van der Waals surface area contributed by atoms with Gasteiger partial charge in [0.2, 0.25) is 0 Å². The first-order valence-corrected chi connectivity index (χ1v) is 10.5. The van der Waals surface area contributed by atoms with Gasteiger partial charge in [0.25, 0.3) is 5.56 Å². The van der Waals surface area contributed by atoms with Crippen molar-refractivity contribution in [2.24, 2.45) is 0 Å². The fourth-order valence-electron chi connectivity index (χ4n) is 3.46. The zero-order chi connectivity index (χ0) is 21.8. The van der Waals surface area contributed by atoms with E-state index in [1.54, 1.807) is 11.7 Å². The maximum absolute atomic E-state index is 13.2. The van der Waals surface area contributed by atoms with E-state index in [4.69, 9.17) is 26.1 Å². The number of hydrogen-bond donors (Lipinski definition) is 0. The summed E-state index contributed by atoms with van der Waals surface area (Å²) in [6.07, 6.45) is 0.632. The molecule has 4 rings (SSSR count). The molecule has 0 N–H and O–H groups in total. The van der Waals surface area contributed by atoms with Gasteiger partial charge in [-0.1, -0.05) is 29.8 Å². The lowest BCUT2D eigenvalue weighted by Gasteiger charge is -2.15. The Kier molecular flexibility index (Phi) is 6.23. The number of benzene rings is 3. The number of para-hydroxylation sites is 1. The smallest absolute Gasteiger partial charge is 0.261 e. The second kappa shape index (κ2) is 9.23. The number of nitrogens with zero attached hydrogens (tertiary/aromatic N) is 2. The number of halogens is 1. The molecule has 31 heavy (non-hydrogen) atoms. The number of aromatic nitrogens is 2. The quantitative estimate of drug-likeness (QED) is 0.360. The minimum atomic E-state index is -0.0648. The van der Waals surface area contributed by atoms with E-state index in [2.05, 4.69) is 0 Å². The molecular formula is C25H23ClN2O3. The fourth-order valence-corrected chi connectivity index (χ4v) is 3.63. The normalized spacial score (nSPS) is 10.9. The highest BCUT2D eigenvalue weighted by molar-refractivity contribution is 6.32. The van der Waals surface area contributed by atoms with E-state index in [0.29, 0.717) is 47.1 Å². The number of hydrogen-bond acceptors (Lipinski definition) is 4. The van der Waals surface area contributed by atoms with Crippen LogP contribution in [0.4, 0.5) is 0 Å².